The van der Waals surface area contributed by atoms with Gasteiger partial charge < -0.3 is 0 Å². The molecule has 0 bridgehead atoms. The minimum atomic E-state index is 0.767. The van der Waals surface area contributed by atoms with Crippen LogP contribution in [0.25, 0.3) is 0 Å². The maximum absolute atomic E-state index is 2.38. The zero-order valence-electron chi connectivity index (χ0n) is 10.4. The van der Waals surface area contributed by atoms with Gasteiger partial charge in [-0.05, 0) is 30.2 Å². The van der Waals surface area contributed by atoms with Crippen molar-refractivity contribution in [2.75, 3.05) is 0 Å². The summed E-state index contributed by atoms with van der Waals surface area (Å²) in [4.78, 5) is 0. The van der Waals surface area contributed by atoms with E-state index in [1.165, 1.54) is 31.2 Å². The fourth-order valence-corrected chi connectivity index (χ4v) is 2.49. The van der Waals surface area contributed by atoms with Crippen molar-refractivity contribution < 1.29 is 0 Å². The molecule has 1 aromatic carbocycles. The van der Waals surface area contributed by atoms with Crippen LogP contribution in [0.2, 0.25) is 0 Å². The molecule has 1 saturated carbocycles. The lowest BCUT2D eigenvalue weighted by molar-refractivity contribution is 0.461. The Bertz CT molecular complexity index is 244. The van der Waals surface area contributed by atoms with Gasteiger partial charge in [0.05, 0.1) is 0 Å². The van der Waals surface area contributed by atoms with Crippen molar-refractivity contribution in [2.45, 2.75) is 52.4 Å². The fraction of sp³-hybridized carbons (Fsp3) is 0.600. The van der Waals surface area contributed by atoms with Gasteiger partial charge in [-0.2, -0.15) is 0 Å². The Balaban J connectivity index is 0.000000531. The zero-order chi connectivity index (χ0) is 11.1. The average Bonchev–Trinajstić information content (AvgIpc) is 2.85. The summed E-state index contributed by atoms with van der Waals surface area (Å²) in [6.07, 6.45) is 5.77. The molecule has 2 rings (SSSR count). The molecule has 0 amide bonds. The molecule has 1 unspecified atom stereocenters. The van der Waals surface area contributed by atoms with Crippen LogP contribution in [0, 0.1) is 5.92 Å². The lowest BCUT2D eigenvalue weighted by Gasteiger charge is -2.18. The Morgan fingerprint density at radius 1 is 1.00 bits per heavy atom. The summed E-state index contributed by atoms with van der Waals surface area (Å²) in [5.74, 6) is 1.71. The lowest BCUT2D eigenvalue weighted by atomic mass is 9.87. The van der Waals surface area contributed by atoms with Crippen molar-refractivity contribution in [3.05, 3.63) is 35.9 Å². The molecular weight excluding hydrogens is 180 g/mol. The van der Waals surface area contributed by atoms with Gasteiger partial charge in [0.2, 0.25) is 0 Å². The molecule has 1 aliphatic rings. The third-order valence-corrected chi connectivity index (χ3v) is 3.43. The first kappa shape index (κ1) is 12.3. The quantitative estimate of drug-likeness (QED) is 0.635. The van der Waals surface area contributed by atoms with Gasteiger partial charge in [0.15, 0.2) is 0 Å². The van der Waals surface area contributed by atoms with Gasteiger partial charge in [-0.1, -0.05) is 63.9 Å². The van der Waals surface area contributed by atoms with Crippen LogP contribution in [0.4, 0.5) is 0 Å². The Kier molecular flexibility index (Phi) is 5.45. The van der Waals surface area contributed by atoms with Crippen LogP contribution in [0.3, 0.4) is 0 Å². The van der Waals surface area contributed by atoms with Crippen molar-refractivity contribution in [3.63, 3.8) is 0 Å². The van der Waals surface area contributed by atoms with E-state index >= 15 is 0 Å². The van der Waals surface area contributed by atoms with E-state index in [-0.39, 0.29) is 0 Å². The van der Waals surface area contributed by atoms with Gasteiger partial charge in [0.25, 0.3) is 0 Å². The van der Waals surface area contributed by atoms with Crippen molar-refractivity contribution in [3.8, 4) is 0 Å². The summed E-state index contributed by atoms with van der Waals surface area (Å²) in [6, 6.07) is 10.9. The molecule has 1 aliphatic carbocycles. The van der Waals surface area contributed by atoms with Crippen LogP contribution < -0.4 is 0 Å². The van der Waals surface area contributed by atoms with Gasteiger partial charge in [-0.15, -0.1) is 0 Å². The summed E-state index contributed by atoms with van der Waals surface area (Å²) in [6.45, 7) is 6.38. The number of benzene rings is 1. The van der Waals surface area contributed by atoms with Gasteiger partial charge >= 0.3 is 0 Å². The maximum Gasteiger partial charge on any atom is -0.0162 e. The molecule has 0 saturated heterocycles. The van der Waals surface area contributed by atoms with E-state index in [9.17, 15) is 0 Å². The monoisotopic (exact) mass is 204 g/mol. The first-order valence-electron chi connectivity index (χ1n) is 6.43. The summed E-state index contributed by atoms with van der Waals surface area (Å²) >= 11 is 0. The second-order valence-corrected chi connectivity index (χ2v) is 4.24. The topological polar surface area (TPSA) is 0 Å². The predicted molar refractivity (Wildman–Crippen MR) is 68.2 cm³/mol. The zero-order valence-corrected chi connectivity index (χ0v) is 10.4. The highest BCUT2D eigenvalue weighted by Gasteiger charge is 2.22. The second kappa shape index (κ2) is 6.66. The highest BCUT2D eigenvalue weighted by Crippen LogP contribution is 2.36. The molecule has 0 heterocycles. The van der Waals surface area contributed by atoms with Crippen LogP contribution in [0.5, 0.6) is 0 Å². The first-order chi connectivity index (χ1) is 7.38. The van der Waals surface area contributed by atoms with E-state index < -0.39 is 0 Å². The molecule has 0 aliphatic heterocycles. The second-order valence-electron chi connectivity index (χ2n) is 4.24. The molecule has 1 fully saturated rings. The first-order valence-corrected chi connectivity index (χ1v) is 6.43. The Hall–Kier alpha value is -0.780. The van der Waals surface area contributed by atoms with Crippen molar-refractivity contribution in [1.29, 1.82) is 0 Å². The molecule has 0 spiro atoms. The molecule has 0 aromatic heterocycles. The van der Waals surface area contributed by atoms with E-state index in [2.05, 4.69) is 37.3 Å². The summed E-state index contributed by atoms with van der Waals surface area (Å²) in [5.41, 5.74) is 1.52. The molecule has 15 heavy (non-hydrogen) atoms. The Morgan fingerprint density at radius 3 is 2.07 bits per heavy atom. The largest absolute Gasteiger partial charge is 0.0683 e. The smallest absolute Gasteiger partial charge is 0.0162 e. The molecule has 0 N–H and O–H groups in total. The van der Waals surface area contributed by atoms with Gasteiger partial charge in [0.1, 0.15) is 0 Å². The lowest BCUT2D eigenvalue weighted by Crippen LogP contribution is -2.05. The van der Waals surface area contributed by atoms with Crippen molar-refractivity contribution in [1.82, 2.24) is 0 Å². The standard InChI is InChI=1S/C13H18.C2H6/c1-11(13-9-5-6-10-13)12-7-3-2-4-8-12;1-2/h2-4,7-8,11,13H,5-6,9-10H2,1H3;1-2H3. The van der Waals surface area contributed by atoms with E-state index in [4.69, 9.17) is 0 Å². The number of hydrogen-bond acceptors (Lipinski definition) is 0. The van der Waals surface area contributed by atoms with Crippen molar-refractivity contribution in [2.24, 2.45) is 5.92 Å². The van der Waals surface area contributed by atoms with Crippen LogP contribution in [0.1, 0.15) is 57.9 Å². The van der Waals surface area contributed by atoms with Crippen LogP contribution >= 0.6 is 0 Å². The molecule has 1 atom stereocenters. The van der Waals surface area contributed by atoms with Gasteiger partial charge in [-0.25, -0.2) is 0 Å². The normalized spacial score (nSPS) is 18.1. The molecule has 0 heteroatoms. The molecule has 1 aromatic rings. The van der Waals surface area contributed by atoms with Crippen LogP contribution in [-0.4, -0.2) is 0 Å². The summed E-state index contributed by atoms with van der Waals surface area (Å²) in [5, 5.41) is 0. The predicted octanol–water partition coefficient (Wildman–Crippen LogP) is 5.01. The minimum Gasteiger partial charge on any atom is -0.0683 e. The molecular formula is C15H24. The summed E-state index contributed by atoms with van der Waals surface area (Å²) < 4.78 is 0. The highest BCUT2D eigenvalue weighted by molar-refractivity contribution is 5.19. The number of hydrogen-bond donors (Lipinski definition) is 0. The van der Waals surface area contributed by atoms with Gasteiger partial charge in [-0.3, -0.25) is 0 Å². The number of rotatable bonds is 2. The van der Waals surface area contributed by atoms with Gasteiger partial charge in [0, 0.05) is 0 Å². The highest BCUT2D eigenvalue weighted by atomic mass is 14.3. The fourth-order valence-electron chi connectivity index (χ4n) is 2.49. The Morgan fingerprint density at radius 2 is 1.53 bits per heavy atom. The minimum absolute atomic E-state index is 0.767. The molecule has 0 nitrogen and oxygen atoms in total. The third-order valence-electron chi connectivity index (χ3n) is 3.43. The van der Waals surface area contributed by atoms with Crippen molar-refractivity contribution >= 4 is 0 Å². The molecule has 0 radical (unpaired) electrons. The third kappa shape index (κ3) is 3.37. The molecule has 84 valence electrons. The van der Waals surface area contributed by atoms with E-state index in [1.807, 2.05) is 13.8 Å². The van der Waals surface area contributed by atoms with E-state index in [0.29, 0.717) is 0 Å². The van der Waals surface area contributed by atoms with E-state index in [0.717, 1.165) is 11.8 Å². The van der Waals surface area contributed by atoms with Crippen LogP contribution in [0.15, 0.2) is 30.3 Å². The summed E-state index contributed by atoms with van der Waals surface area (Å²) in [7, 11) is 0. The maximum atomic E-state index is 2.38. The average molecular weight is 204 g/mol. The van der Waals surface area contributed by atoms with Crippen LogP contribution in [-0.2, 0) is 0 Å². The van der Waals surface area contributed by atoms with E-state index in [1.54, 1.807) is 0 Å². The Labute approximate surface area is 94.7 Å². The SMILES string of the molecule is CC.CC(c1ccccc1)C1CCCC1.